The highest BCUT2D eigenvalue weighted by Crippen LogP contribution is 2.26. The maximum absolute atomic E-state index is 12.3. The summed E-state index contributed by atoms with van der Waals surface area (Å²) in [4.78, 5) is 32.3. The number of fused-ring (bicyclic) bond motifs is 2. The molecule has 4 aromatic heterocycles. The van der Waals surface area contributed by atoms with E-state index in [9.17, 15) is 4.79 Å². The third-order valence-electron chi connectivity index (χ3n) is 4.94. The minimum atomic E-state index is -0.236. The van der Waals surface area contributed by atoms with Crippen LogP contribution in [0.3, 0.4) is 0 Å². The molecule has 0 aliphatic heterocycles. The predicted molar refractivity (Wildman–Crippen MR) is 118 cm³/mol. The number of hydrogen-bond donors (Lipinski definition) is 3. The van der Waals surface area contributed by atoms with Crippen molar-refractivity contribution in [2.24, 2.45) is 0 Å². The van der Waals surface area contributed by atoms with Gasteiger partial charge in [0.15, 0.2) is 11.5 Å². The van der Waals surface area contributed by atoms with Crippen molar-refractivity contribution in [1.29, 1.82) is 0 Å². The highest BCUT2D eigenvalue weighted by atomic mass is 35.5. The first-order valence-electron chi connectivity index (χ1n) is 9.49. The molecule has 10 heteroatoms. The molecule has 5 rings (SSSR count). The van der Waals surface area contributed by atoms with Gasteiger partial charge in [0.1, 0.15) is 17.5 Å². The number of pyridine rings is 1. The first kappa shape index (κ1) is 19.0. The number of benzene rings is 1. The van der Waals surface area contributed by atoms with E-state index in [1.54, 1.807) is 30.7 Å². The second-order valence-corrected chi connectivity index (χ2v) is 7.46. The Morgan fingerprint density at radius 1 is 1.16 bits per heavy atom. The summed E-state index contributed by atoms with van der Waals surface area (Å²) in [5.41, 5.74) is 10.2. The number of carbonyl (C=O) groups excluding carboxylic acids is 1. The quantitative estimate of drug-likeness (QED) is 0.392. The fraction of sp³-hybridized carbons (Fsp3) is 0.0952. The summed E-state index contributed by atoms with van der Waals surface area (Å²) in [5.74, 6) is 0.102. The van der Waals surface area contributed by atoms with Crippen LogP contribution in [0.4, 0.5) is 5.82 Å². The number of aromatic nitrogens is 6. The van der Waals surface area contributed by atoms with Gasteiger partial charge in [0.2, 0.25) is 0 Å². The van der Waals surface area contributed by atoms with Crippen molar-refractivity contribution in [2.75, 3.05) is 5.73 Å². The monoisotopic (exact) mass is 432 g/mol. The molecule has 0 saturated carbocycles. The molecule has 4 heterocycles. The average Bonchev–Trinajstić information content (AvgIpc) is 3.37. The van der Waals surface area contributed by atoms with Crippen LogP contribution in [0.1, 0.15) is 21.7 Å². The van der Waals surface area contributed by atoms with Gasteiger partial charge >= 0.3 is 0 Å². The summed E-state index contributed by atoms with van der Waals surface area (Å²) in [6, 6.07) is 11.0. The van der Waals surface area contributed by atoms with E-state index in [4.69, 9.17) is 17.3 Å². The van der Waals surface area contributed by atoms with Crippen molar-refractivity contribution in [3.05, 3.63) is 77.2 Å². The van der Waals surface area contributed by atoms with Gasteiger partial charge < -0.3 is 20.6 Å². The number of carbonyl (C=O) groups is 1. The number of amides is 1. The van der Waals surface area contributed by atoms with E-state index in [2.05, 4.69) is 30.2 Å². The maximum Gasteiger partial charge on any atom is 0.270 e. The molecule has 0 aliphatic carbocycles. The van der Waals surface area contributed by atoms with Crippen molar-refractivity contribution in [3.8, 4) is 0 Å². The van der Waals surface area contributed by atoms with Crippen LogP contribution in [0, 0.1) is 0 Å². The summed E-state index contributed by atoms with van der Waals surface area (Å²) < 4.78 is 1.89. The summed E-state index contributed by atoms with van der Waals surface area (Å²) in [6.07, 6.45) is 4.68. The molecule has 1 amide bonds. The fourth-order valence-electron chi connectivity index (χ4n) is 3.52. The Labute approximate surface area is 181 Å². The van der Waals surface area contributed by atoms with Gasteiger partial charge in [-0.3, -0.25) is 9.78 Å². The number of rotatable bonds is 5. The number of nitrogens with two attached hydrogens (primary N) is 1. The molecule has 0 radical (unpaired) electrons. The second kappa shape index (κ2) is 7.69. The number of imidazole rings is 1. The highest BCUT2D eigenvalue weighted by molar-refractivity contribution is 6.31. The van der Waals surface area contributed by atoms with Crippen molar-refractivity contribution >= 4 is 45.4 Å². The van der Waals surface area contributed by atoms with Crippen molar-refractivity contribution in [3.63, 3.8) is 0 Å². The lowest BCUT2D eigenvalue weighted by Gasteiger charge is -2.07. The Morgan fingerprint density at radius 2 is 2.06 bits per heavy atom. The average molecular weight is 433 g/mol. The smallest absolute Gasteiger partial charge is 0.270 e. The molecule has 1 aromatic carbocycles. The van der Waals surface area contributed by atoms with Gasteiger partial charge in [-0.25, -0.2) is 15.0 Å². The van der Waals surface area contributed by atoms with Gasteiger partial charge in [-0.15, -0.1) is 0 Å². The number of anilines is 1. The third-order valence-corrected chi connectivity index (χ3v) is 5.16. The van der Waals surface area contributed by atoms with Gasteiger partial charge in [0.05, 0.1) is 24.9 Å². The van der Waals surface area contributed by atoms with Crippen LogP contribution in [0.15, 0.2) is 55.2 Å². The molecular formula is C21H17ClN8O. The molecule has 4 N–H and O–H groups in total. The first-order valence-corrected chi connectivity index (χ1v) is 9.87. The fourth-order valence-corrected chi connectivity index (χ4v) is 3.77. The molecule has 31 heavy (non-hydrogen) atoms. The third kappa shape index (κ3) is 3.66. The van der Waals surface area contributed by atoms with Crippen molar-refractivity contribution in [2.45, 2.75) is 13.1 Å². The first-order chi connectivity index (χ1) is 15.1. The van der Waals surface area contributed by atoms with E-state index in [1.165, 1.54) is 6.33 Å². The zero-order chi connectivity index (χ0) is 21.4. The minimum absolute atomic E-state index is 0.236. The summed E-state index contributed by atoms with van der Waals surface area (Å²) in [6.45, 7) is 0.823. The Bertz CT molecular complexity index is 1410. The summed E-state index contributed by atoms with van der Waals surface area (Å²) >= 11 is 6.36. The van der Waals surface area contributed by atoms with E-state index in [1.807, 2.05) is 22.8 Å². The largest absolute Gasteiger partial charge is 0.382 e. The van der Waals surface area contributed by atoms with Crippen LogP contribution in [0.5, 0.6) is 0 Å². The van der Waals surface area contributed by atoms with E-state index in [-0.39, 0.29) is 5.91 Å². The predicted octanol–water partition coefficient (Wildman–Crippen LogP) is 2.92. The summed E-state index contributed by atoms with van der Waals surface area (Å²) in [5, 5.41) is 4.44. The van der Waals surface area contributed by atoms with Crippen LogP contribution in [-0.4, -0.2) is 35.4 Å². The molecule has 0 aliphatic rings. The molecule has 154 valence electrons. The number of nitrogen functional groups attached to an aromatic ring is 1. The van der Waals surface area contributed by atoms with Crippen LogP contribution < -0.4 is 11.1 Å². The summed E-state index contributed by atoms with van der Waals surface area (Å²) in [7, 11) is 0. The van der Waals surface area contributed by atoms with E-state index in [0.717, 1.165) is 22.2 Å². The van der Waals surface area contributed by atoms with Crippen LogP contribution >= 0.6 is 11.6 Å². The van der Waals surface area contributed by atoms with Crippen LogP contribution in [0.2, 0.25) is 5.02 Å². The second-order valence-electron chi connectivity index (χ2n) is 7.02. The van der Waals surface area contributed by atoms with E-state index < -0.39 is 0 Å². The van der Waals surface area contributed by atoms with Gasteiger partial charge in [-0.1, -0.05) is 17.7 Å². The molecule has 0 fully saturated rings. The number of aromatic amines is 1. The van der Waals surface area contributed by atoms with Gasteiger partial charge in [-0.05, 0) is 35.9 Å². The van der Waals surface area contributed by atoms with E-state index in [0.29, 0.717) is 40.8 Å². The number of H-pyrrole nitrogens is 1. The molecular weight excluding hydrogens is 416 g/mol. The molecule has 0 bridgehead atoms. The molecule has 9 nitrogen and oxygen atoms in total. The highest BCUT2D eigenvalue weighted by Gasteiger charge is 2.13. The number of nitrogens with zero attached hydrogens (tertiary/aromatic N) is 5. The van der Waals surface area contributed by atoms with Gasteiger partial charge in [-0.2, -0.15) is 0 Å². The maximum atomic E-state index is 12.3. The molecule has 0 unspecified atom stereocenters. The Kier molecular flexibility index (Phi) is 4.72. The normalized spacial score (nSPS) is 11.3. The molecule has 0 spiro atoms. The lowest BCUT2D eigenvalue weighted by Crippen LogP contribution is -2.23. The van der Waals surface area contributed by atoms with E-state index >= 15 is 0 Å². The zero-order valence-corrected chi connectivity index (χ0v) is 17.0. The topological polar surface area (TPSA) is 127 Å². The molecule has 5 aromatic rings. The Balaban J connectivity index is 1.43. The standard InChI is InChI=1S/C21H17ClN8O/c22-14-5-12-7-15(8-25-21(31)16-3-1-2-4-24-16)29-17(12)13(6-14)9-30-11-28-18-19(23)26-10-27-20(18)30/h1-7,10-11,29H,8-9H2,(H,25,31)(H2,23,26,27). The lowest BCUT2D eigenvalue weighted by molar-refractivity contribution is 0.0945. The van der Waals surface area contributed by atoms with Gasteiger partial charge in [0.25, 0.3) is 5.91 Å². The van der Waals surface area contributed by atoms with Crippen molar-refractivity contribution in [1.82, 2.24) is 34.8 Å². The Hall–Kier alpha value is -3.98. The SMILES string of the molecule is Nc1ncnc2c1ncn2Cc1cc(Cl)cc2cc(CNC(=O)c3ccccn3)[nH]c12. The van der Waals surface area contributed by atoms with Gasteiger partial charge in [0, 0.05) is 22.3 Å². The van der Waals surface area contributed by atoms with Crippen LogP contribution in [0.25, 0.3) is 22.1 Å². The number of hydrogen-bond acceptors (Lipinski definition) is 6. The molecule has 0 saturated heterocycles. The van der Waals surface area contributed by atoms with Crippen molar-refractivity contribution < 1.29 is 4.79 Å². The number of halogens is 1. The number of nitrogens with one attached hydrogen (secondary N) is 2. The Morgan fingerprint density at radius 3 is 2.90 bits per heavy atom. The lowest BCUT2D eigenvalue weighted by atomic mass is 10.1. The minimum Gasteiger partial charge on any atom is -0.382 e. The molecule has 0 atom stereocenters. The van der Waals surface area contributed by atoms with Crippen LogP contribution in [-0.2, 0) is 13.1 Å². The zero-order valence-electron chi connectivity index (χ0n) is 16.2.